The van der Waals surface area contributed by atoms with Crippen LogP contribution in [0.4, 0.5) is 0 Å². The Morgan fingerprint density at radius 3 is 2.09 bits per heavy atom. The van der Waals surface area contributed by atoms with E-state index in [-0.39, 0.29) is 0 Å². The minimum Gasteiger partial charge on any atom is -0.381 e. The van der Waals surface area contributed by atoms with Crippen molar-refractivity contribution in [3.63, 3.8) is 0 Å². The molecule has 1 aliphatic rings. The Morgan fingerprint density at radius 2 is 1.82 bits per heavy atom. The Balaban J connectivity index is 2.42. The second-order valence-electron chi connectivity index (χ2n) is 4.73. The van der Waals surface area contributed by atoms with Crippen molar-refractivity contribution in [1.82, 2.24) is 0 Å². The summed E-state index contributed by atoms with van der Waals surface area (Å²) in [5.41, 5.74) is 0.479. The van der Waals surface area contributed by atoms with Gasteiger partial charge in [-0.05, 0) is 30.6 Å². The maximum absolute atomic E-state index is 5.34. The van der Waals surface area contributed by atoms with Crippen LogP contribution in [0.5, 0.6) is 0 Å². The average Bonchev–Trinajstić information content (AvgIpc) is 2.32. The third kappa shape index (κ3) is 2.19. The molecule has 0 heterocycles. The molecule has 1 unspecified atom stereocenters. The Labute approximate surface area is 70.1 Å². The summed E-state index contributed by atoms with van der Waals surface area (Å²) >= 11 is 0. The van der Waals surface area contributed by atoms with Gasteiger partial charge in [0.1, 0.15) is 0 Å². The van der Waals surface area contributed by atoms with E-state index in [1.54, 1.807) is 0 Å². The third-order valence-electron chi connectivity index (χ3n) is 2.94. The molecular weight excluding hydrogens is 136 g/mol. The normalized spacial score (nSPS) is 32.7. The van der Waals surface area contributed by atoms with Crippen LogP contribution in [0.1, 0.15) is 40.0 Å². The summed E-state index contributed by atoms with van der Waals surface area (Å²) < 4.78 is 5.34. The Bertz CT molecular complexity index is 123. The molecule has 66 valence electrons. The van der Waals surface area contributed by atoms with E-state index in [0.717, 1.165) is 5.92 Å². The molecule has 2 atom stereocenters. The van der Waals surface area contributed by atoms with E-state index in [4.69, 9.17) is 4.74 Å². The van der Waals surface area contributed by atoms with Crippen LogP contribution in [0.2, 0.25) is 0 Å². The summed E-state index contributed by atoms with van der Waals surface area (Å²) in [5.74, 6) is 0.868. The Kier molecular flexibility index (Phi) is 2.58. The zero-order valence-corrected chi connectivity index (χ0v) is 8.18. The Morgan fingerprint density at radius 1 is 1.18 bits per heavy atom. The monoisotopic (exact) mass is 156 g/mol. The molecule has 0 aromatic carbocycles. The van der Waals surface area contributed by atoms with E-state index in [0.29, 0.717) is 11.5 Å². The SMILES string of the molecule is COC1CC[C@@H](C(C)(C)C)C1. The molecular formula is C10H20O. The van der Waals surface area contributed by atoms with Crippen molar-refractivity contribution in [1.29, 1.82) is 0 Å². The number of rotatable bonds is 1. The molecule has 1 saturated carbocycles. The van der Waals surface area contributed by atoms with Gasteiger partial charge in [0, 0.05) is 7.11 Å². The van der Waals surface area contributed by atoms with Crippen LogP contribution in [0.15, 0.2) is 0 Å². The van der Waals surface area contributed by atoms with Crippen molar-refractivity contribution in [2.45, 2.75) is 46.1 Å². The van der Waals surface area contributed by atoms with Crippen molar-refractivity contribution in [2.75, 3.05) is 7.11 Å². The van der Waals surface area contributed by atoms with E-state index in [9.17, 15) is 0 Å². The van der Waals surface area contributed by atoms with Crippen LogP contribution in [-0.2, 0) is 4.74 Å². The van der Waals surface area contributed by atoms with E-state index in [2.05, 4.69) is 20.8 Å². The molecule has 11 heavy (non-hydrogen) atoms. The average molecular weight is 156 g/mol. The van der Waals surface area contributed by atoms with E-state index in [1.165, 1.54) is 19.3 Å². The molecule has 0 spiro atoms. The quantitative estimate of drug-likeness (QED) is 0.567. The van der Waals surface area contributed by atoms with Gasteiger partial charge in [-0.25, -0.2) is 0 Å². The first-order valence-electron chi connectivity index (χ1n) is 4.57. The van der Waals surface area contributed by atoms with Crippen LogP contribution in [0.3, 0.4) is 0 Å². The lowest BCUT2D eigenvalue weighted by Gasteiger charge is -2.26. The van der Waals surface area contributed by atoms with Gasteiger partial charge in [-0.15, -0.1) is 0 Å². The minimum atomic E-state index is 0.479. The predicted molar refractivity (Wildman–Crippen MR) is 47.6 cm³/mol. The molecule has 1 heteroatoms. The number of hydrogen-bond donors (Lipinski definition) is 0. The van der Waals surface area contributed by atoms with Gasteiger partial charge in [0.2, 0.25) is 0 Å². The van der Waals surface area contributed by atoms with Crippen molar-refractivity contribution in [2.24, 2.45) is 11.3 Å². The van der Waals surface area contributed by atoms with Gasteiger partial charge < -0.3 is 4.74 Å². The van der Waals surface area contributed by atoms with Gasteiger partial charge in [-0.3, -0.25) is 0 Å². The Hall–Kier alpha value is -0.0400. The molecule has 1 aliphatic carbocycles. The van der Waals surface area contributed by atoms with Gasteiger partial charge in [0.15, 0.2) is 0 Å². The molecule has 0 radical (unpaired) electrons. The second kappa shape index (κ2) is 3.14. The highest BCUT2D eigenvalue weighted by Crippen LogP contribution is 2.39. The molecule has 0 saturated heterocycles. The molecule has 0 aromatic rings. The van der Waals surface area contributed by atoms with Crippen LogP contribution >= 0.6 is 0 Å². The zero-order valence-electron chi connectivity index (χ0n) is 8.18. The van der Waals surface area contributed by atoms with E-state index >= 15 is 0 Å². The second-order valence-corrected chi connectivity index (χ2v) is 4.73. The first-order chi connectivity index (χ1) is 5.04. The summed E-state index contributed by atoms with van der Waals surface area (Å²) in [6, 6.07) is 0. The summed E-state index contributed by atoms with van der Waals surface area (Å²) in [7, 11) is 1.83. The predicted octanol–water partition coefficient (Wildman–Crippen LogP) is 2.85. The van der Waals surface area contributed by atoms with E-state index in [1.807, 2.05) is 7.11 Å². The zero-order chi connectivity index (χ0) is 8.48. The molecule has 0 amide bonds. The van der Waals surface area contributed by atoms with Crippen LogP contribution in [0.25, 0.3) is 0 Å². The highest BCUT2D eigenvalue weighted by molar-refractivity contribution is 4.83. The van der Waals surface area contributed by atoms with Crippen LogP contribution in [0, 0.1) is 11.3 Å². The minimum absolute atomic E-state index is 0.479. The first kappa shape index (κ1) is 9.05. The lowest BCUT2D eigenvalue weighted by molar-refractivity contribution is 0.0968. The number of ether oxygens (including phenoxy) is 1. The fraction of sp³-hybridized carbons (Fsp3) is 1.00. The van der Waals surface area contributed by atoms with Crippen molar-refractivity contribution in [3.8, 4) is 0 Å². The third-order valence-corrected chi connectivity index (χ3v) is 2.94. The fourth-order valence-corrected chi connectivity index (χ4v) is 1.94. The van der Waals surface area contributed by atoms with Gasteiger partial charge in [-0.2, -0.15) is 0 Å². The molecule has 0 aromatic heterocycles. The molecule has 1 nitrogen and oxygen atoms in total. The fourth-order valence-electron chi connectivity index (χ4n) is 1.94. The summed E-state index contributed by atoms with van der Waals surface area (Å²) in [6.45, 7) is 6.99. The molecule has 0 N–H and O–H groups in total. The topological polar surface area (TPSA) is 9.23 Å². The summed E-state index contributed by atoms with van der Waals surface area (Å²) in [4.78, 5) is 0. The lowest BCUT2D eigenvalue weighted by atomic mass is 9.80. The number of methoxy groups -OCH3 is 1. The van der Waals surface area contributed by atoms with Crippen LogP contribution in [-0.4, -0.2) is 13.2 Å². The molecule has 0 bridgehead atoms. The maximum atomic E-state index is 5.34. The molecule has 0 aliphatic heterocycles. The largest absolute Gasteiger partial charge is 0.381 e. The van der Waals surface area contributed by atoms with Crippen molar-refractivity contribution < 1.29 is 4.74 Å². The summed E-state index contributed by atoms with van der Waals surface area (Å²) in [6.07, 6.45) is 4.42. The highest BCUT2D eigenvalue weighted by atomic mass is 16.5. The van der Waals surface area contributed by atoms with Crippen molar-refractivity contribution in [3.05, 3.63) is 0 Å². The number of hydrogen-bond acceptors (Lipinski definition) is 1. The molecule has 1 fully saturated rings. The van der Waals surface area contributed by atoms with Gasteiger partial charge >= 0.3 is 0 Å². The summed E-state index contributed by atoms with van der Waals surface area (Å²) in [5, 5.41) is 0. The van der Waals surface area contributed by atoms with Crippen LogP contribution < -0.4 is 0 Å². The standard InChI is InChI=1S/C10H20O/c1-10(2,3)8-5-6-9(7-8)11-4/h8-9H,5-7H2,1-4H3/t8-,9?/m1/s1. The van der Waals surface area contributed by atoms with Crippen molar-refractivity contribution >= 4 is 0 Å². The van der Waals surface area contributed by atoms with Gasteiger partial charge in [0.05, 0.1) is 6.10 Å². The lowest BCUT2D eigenvalue weighted by Crippen LogP contribution is -2.18. The smallest absolute Gasteiger partial charge is 0.0574 e. The highest BCUT2D eigenvalue weighted by Gasteiger charge is 2.32. The molecule has 1 rings (SSSR count). The van der Waals surface area contributed by atoms with Gasteiger partial charge in [-0.1, -0.05) is 20.8 Å². The maximum Gasteiger partial charge on any atom is 0.0574 e. The van der Waals surface area contributed by atoms with E-state index < -0.39 is 0 Å². The first-order valence-corrected chi connectivity index (χ1v) is 4.57. The van der Waals surface area contributed by atoms with Gasteiger partial charge in [0.25, 0.3) is 0 Å².